The Hall–Kier alpha value is -2.17. The number of carbonyl (C=O) groups excluding carboxylic acids is 1. The van der Waals surface area contributed by atoms with Crippen LogP contribution in [-0.2, 0) is 16.0 Å². The Bertz CT molecular complexity index is 504. The molecule has 1 rings (SSSR count). The highest BCUT2D eigenvalue weighted by molar-refractivity contribution is 5.84. The summed E-state index contributed by atoms with van der Waals surface area (Å²) >= 11 is 0. The summed E-state index contributed by atoms with van der Waals surface area (Å²) in [5.41, 5.74) is 1.62. The fourth-order valence-electron chi connectivity index (χ4n) is 1.61. The summed E-state index contributed by atoms with van der Waals surface area (Å²) in [4.78, 5) is 22.8. The van der Waals surface area contributed by atoms with Crippen LogP contribution in [0.3, 0.4) is 0 Å². The molecule has 0 aromatic heterocycles. The second kappa shape index (κ2) is 7.43. The Labute approximate surface area is 117 Å². The van der Waals surface area contributed by atoms with Crippen molar-refractivity contribution in [3.05, 3.63) is 47.3 Å². The Morgan fingerprint density at radius 2 is 1.90 bits per heavy atom. The Balaban J connectivity index is 2.60. The van der Waals surface area contributed by atoms with Crippen molar-refractivity contribution in [1.29, 1.82) is 0 Å². The fraction of sp³-hybridized carbons (Fsp3) is 0.333. The number of rotatable bonds is 6. The summed E-state index contributed by atoms with van der Waals surface area (Å²) in [6, 6.07) is 4.58. The number of carboxylic acids is 1. The van der Waals surface area contributed by atoms with Crippen LogP contribution < -0.4 is 5.32 Å². The molecule has 1 aromatic rings. The SMILES string of the molecule is CC(C)=CC[C@H](NC(=O)Cc1ccc(F)cc1)C(=O)O. The molecule has 0 saturated carbocycles. The van der Waals surface area contributed by atoms with Gasteiger partial charge in [-0.1, -0.05) is 23.8 Å². The first-order valence-corrected chi connectivity index (χ1v) is 6.28. The molecule has 0 unspecified atom stereocenters. The van der Waals surface area contributed by atoms with Gasteiger partial charge in [0.1, 0.15) is 11.9 Å². The highest BCUT2D eigenvalue weighted by Gasteiger charge is 2.18. The van der Waals surface area contributed by atoms with Crippen molar-refractivity contribution in [2.75, 3.05) is 0 Å². The minimum absolute atomic E-state index is 0.0267. The first kappa shape index (κ1) is 15.9. The van der Waals surface area contributed by atoms with E-state index in [2.05, 4.69) is 5.32 Å². The molecular formula is C15H18FNO3. The van der Waals surface area contributed by atoms with Gasteiger partial charge in [-0.3, -0.25) is 4.79 Å². The van der Waals surface area contributed by atoms with Crippen LogP contribution in [0.15, 0.2) is 35.9 Å². The number of aliphatic carboxylic acids is 1. The molecule has 108 valence electrons. The molecule has 0 heterocycles. The number of nitrogens with one attached hydrogen (secondary N) is 1. The monoisotopic (exact) mass is 279 g/mol. The fourth-order valence-corrected chi connectivity index (χ4v) is 1.61. The summed E-state index contributed by atoms with van der Waals surface area (Å²) in [7, 11) is 0. The molecule has 20 heavy (non-hydrogen) atoms. The van der Waals surface area contributed by atoms with Crippen LogP contribution in [0.4, 0.5) is 4.39 Å². The maximum absolute atomic E-state index is 12.7. The lowest BCUT2D eigenvalue weighted by atomic mass is 10.1. The molecule has 5 heteroatoms. The van der Waals surface area contributed by atoms with E-state index in [4.69, 9.17) is 5.11 Å². The molecule has 0 aliphatic rings. The summed E-state index contributed by atoms with van der Waals surface area (Å²) < 4.78 is 12.7. The normalized spacial score (nSPS) is 11.6. The zero-order valence-corrected chi connectivity index (χ0v) is 11.5. The van der Waals surface area contributed by atoms with E-state index >= 15 is 0 Å². The molecule has 0 fully saturated rings. The molecule has 0 bridgehead atoms. The molecule has 1 atom stereocenters. The number of hydrogen-bond acceptors (Lipinski definition) is 2. The molecule has 1 aromatic carbocycles. The van der Waals surface area contributed by atoms with E-state index in [1.54, 1.807) is 6.08 Å². The van der Waals surface area contributed by atoms with Crippen LogP contribution in [0.5, 0.6) is 0 Å². The Kier molecular flexibility index (Phi) is 5.90. The summed E-state index contributed by atoms with van der Waals surface area (Å²) in [5, 5.41) is 11.5. The van der Waals surface area contributed by atoms with Gasteiger partial charge in [0, 0.05) is 0 Å². The lowest BCUT2D eigenvalue weighted by molar-refractivity contribution is -0.141. The molecule has 0 aliphatic carbocycles. The quantitative estimate of drug-likeness (QED) is 0.785. The van der Waals surface area contributed by atoms with E-state index in [0.717, 1.165) is 5.57 Å². The van der Waals surface area contributed by atoms with Gasteiger partial charge in [0.2, 0.25) is 5.91 Å². The maximum Gasteiger partial charge on any atom is 0.326 e. The first-order chi connectivity index (χ1) is 9.38. The molecule has 1 amide bonds. The van der Waals surface area contributed by atoms with Crippen LogP contribution in [0.25, 0.3) is 0 Å². The average Bonchev–Trinajstić information content (AvgIpc) is 2.36. The zero-order chi connectivity index (χ0) is 15.1. The van der Waals surface area contributed by atoms with E-state index in [1.165, 1.54) is 24.3 Å². The van der Waals surface area contributed by atoms with Gasteiger partial charge in [0.15, 0.2) is 0 Å². The first-order valence-electron chi connectivity index (χ1n) is 6.28. The van der Waals surface area contributed by atoms with Crippen molar-refractivity contribution in [2.45, 2.75) is 32.7 Å². The van der Waals surface area contributed by atoms with Gasteiger partial charge in [-0.15, -0.1) is 0 Å². The second-order valence-electron chi connectivity index (χ2n) is 4.78. The van der Waals surface area contributed by atoms with Crippen LogP contribution >= 0.6 is 0 Å². The van der Waals surface area contributed by atoms with Crippen molar-refractivity contribution in [3.8, 4) is 0 Å². The smallest absolute Gasteiger partial charge is 0.326 e. The van der Waals surface area contributed by atoms with Gasteiger partial charge >= 0.3 is 5.97 Å². The lowest BCUT2D eigenvalue weighted by Gasteiger charge is -2.13. The summed E-state index contributed by atoms with van der Waals surface area (Å²) in [6.45, 7) is 3.72. The number of allylic oxidation sites excluding steroid dienone is 1. The topological polar surface area (TPSA) is 66.4 Å². The minimum Gasteiger partial charge on any atom is -0.480 e. The Morgan fingerprint density at radius 3 is 2.40 bits per heavy atom. The standard InChI is InChI=1S/C15H18FNO3/c1-10(2)3-8-13(15(19)20)17-14(18)9-11-4-6-12(16)7-5-11/h3-7,13H,8-9H2,1-2H3,(H,17,18)(H,19,20)/t13-/m0/s1. The third-order valence-electron chi connectivity index (χ3n) is 2.67. The van der Waals surface area contributed by atoms with Crippen molar-refractivity contribution in [2.24, 2.45) is 0 Å². The maximum atomic E-state index is 12.7. The van der Waals surface area contributed by atoms with Gasteiger partial charge in [0.25, 0.3) is 0 Å². The number of halogens is 1. The van der Waals surface area contributed by atoms with Crippen molar-refractivity contribution in [3.63, 3.8) is 0 Å². The molecular weight excluding hydrogens is 261 g/mol. The predicted octanol–water partition coefficient (Wildman–Crippen LogP) is 2.29. The molecule has 0 radical (unpaired) electrons. The van der Waals surface area contributed by atoms with Gasteiger partial charge < -0.3 is 10.4 Å². The number of amides is 1. The van der Waals surface area contributed by atoms with Gasteiger partial charge in [-0.2, -0.15) is 0 Å². The average molecular weight is 279 g/mol. The number of hydrogen-bond donors (Lipinski definition) is 2. The third kappa shape index (κ3) is 5.65. The molecule has 0 saturated heterocycles. The third-order valence-corrected chi connectivity index (χ3v) is 2.67. The van der Waals surface area contributed by atoms with E-state index in [0.29, 0.717) is 5.56 Å². The van der Waals surface area contributed by atoms with Crippen molar-refractivity contribution in [1.82, 2.24) is 5.32 Å². The van der Waals surface area contributed by atoms with E-state index in [9.17, 15) is 14.0 Å². The summed E-state index contributed by atoms with van der Waals surface area (Å²) in [6.07, 6.45) is 2.03. The minimum atomic E-state index is -1.07. The molecule has 2 N–H and O–H groups in total. The van der Waals surface area contributed by atoms with Crippen LogP contribution in [0, 0.1) is 5.82 Å². The lowest BCUT2D eigenvalue weighted by Crippen LogP contribution is -2.41. The number of benzene rings is 1. The van der Waals surface area contributed by atoms with Crippen LogP contribution in [0.2, 0.25) is 0 Å². The Morgan fingerprint density at radius 1 is 1.30 bits per heavy atom. The molecule has 0 spiro atoms. The number of carboxylic acid groups (broad SMARTS) is 1. The van der Waals surface area contributed by atoms with E-state index in [-0.39, 0.29) is 18.7 Å². The molecule has 0 aliphatic heterocycles. The van der Waals surface area contributed by atoms with Gasteiger partial charge in [-0.05, 0) is 38.0 Å². The van der Waals surface area contributed by atoms with E-state index in [1.807, 2.05) is 13.8 Å². The van der Waals surface area contributed by atoms with Crippen LogP contribution in [0.1, 0.15) is 25.8 Å². The highest BCUT2D eigenvalue weighted by atomic mass is 19.1. The second-order valence-corrected chi connectivity index (χ2v) is 4.78. The van der Waals surface area contributed by atoms with E-state index < -0.39 is 17.9 Å². The predicted molar refractivity (Wildman–Crippen MR) is 73.7 cm³/mol. The van der Waals surface area contributed by atoms with Crippen molar-refractivity contribution < 1.29 is 19.1 Å². The van der Waals surface area contributed by atoms with Crippen molar-refractivity contribution >= 4 is 11.9 Å². The molecule has 4 nitrogen and oxygen atoms in total. The zero-order valence-electron chi connectivity index (χ0n) is 11.5. The largest absolute Gasteiger partial charge is 0.480 e. The summed E-state index contributed by atoms with van der Waals surface area (Å²) in [5.74, 6) is -1.85. The number of carbonyl (C=O) groups is 2. The van der Waals surface area contributed by atoms with Gasteiger partial charge in [-0.25, -0.2) is 9.18 Å². The van der Waals surface area contributed by atoms with Gasteiger partial charge in [0.05, 0.1) is 6.42 Å². The highest BCUT2D eigenvalue weighted by Crippen LogP contribution is 2.05. The van der Waals surface area contributed by atoms with Crippen LogP contribution in [-0.4, -0.2) is 23.0 Å².